The topological polar surface area (TPSA) is 75.0 Å². The molecule has 142 valence electrons. The van der Waals surface area contributed by atoms with Gasteiger partial charge in [0.2, 0.25) is 0 Å². The second-order valence-electron chi connectivity index (χ2n) is 7.61. The Balaban J connectivity index is 1.80. The van der Waals surface area contributed by atoms with Crippen molar-refractivity contribution in [3.8, 4) is 5.75 Å². The molecule has 3 aliphatic heterocycles. The lowest BCUT2D eigenvalue weighted by molar-refractivity contribution is 0.0694. The van der Waals surface area contributed by atoms with Gasteiger partial charge in [-0.25, -0.2) is 9.18 Å². The summed E-state index contributed by atoms with van der Waals surface area (Å²) in [6, 6.07) is 2.48. The lowest BCUT2D eigenvalue weighted by Gasteiger charge is -2.38. The molecule has 0 amide bonds. The minimum absolute atomic E-state index is 0.201. The number of fused-ring (bicyclic) bond motifs is 2. The Bertz CT molecular complexity index is 1030. The minimum atomic E-state index is -1.31. The standard InChI is InChI=1S/C19H20FN3O4/c1-10-9-27-17-15-11(6-13(19(25)26)18(24)23(10)15)7-14(20)16(17)22-5-4-21-3-2-12(22)8-21/h6-7,10,12H,2-5,8-9H2,1H3,(H,25,26)/t10-,12?/m0/s1. The van der Waals surface area contributed by atoms with Crippen molar-refractivity contribution in [2.45, 2.75) is 25.4 Å². The van der Waals surface area contributed by atoms with Crippen LogP contribution < -0.4 is 15.2 Å². The third-order valence-electron chi connectivity index (χ3n) is 5.97. The smallest absolute Gasteiger partial charge is 0.341 e. The fourth-order valence-corrected chi connectivity index (χ4v) is 4.68. The number of benzene rings is 1. The van der Waals surface area contributed by atoms with E-state index in [2.05, 4.69) is 9.80 Å². The molecule has 7 nitrogen and oxygen atoms in total. The fraction of sp³-hybridized carbons (Fsp3) is 0.474. The molecule has 8 heteroatoms. The summed E-state index contributed by atoms with van der Waals surface area (Å²) in [5, 5.41) is 9.74. The van der Waals surface area contributed by atoms with Crippen LogP contribution in [0.3, 0.4) is 0 Å². The van der Waals surface area contributed by atoms with E-state index in [-0.39, 0.29) is 24.3 Å². The van der Waals surface area contributed by atoms with E-state index in [1.807, 2.05) is 0 Å². The molecular weight excluding hydrogens is 353 g/mol. The van der Waals surface area contributed by atoms with Crippen LogP contribution in [0.5, 0.6) is 5.75 Å². The van der Waals surface area contributed by atoms with Crippen LogP contribution in [0.15, 0.2) is 16.9 Å². The monoisotopic (exact) mass is 373 g/mol. The average Bonchev–Trinajstić information content (AvgIpc) is 3.01. The van der Waals surface area contributed by atoms with Crippen molar-refractivity contribution >= 4 is 22.6 Å². The van der Waals surface area contributed by atoms with Gasteiger partial charge >= 0.3 is 5.97 Å². The number of rotatable bonds is 2. The maximum Gasteiger partial charge on any atom is 0.341 e. The number of carboxylic acids is 1. The van der Waals surface area contributed by atoms with E-state index >= 15 is 4.39 Å². The number of anilines is 1. The summed E-state index contributed by atoms with van der Waals surface area (Å²) >= 11 is 0. The summed E-state index contributed by atoms with van der Waals surface area (Å²) < 4.78 is 22.6. The highest BCUT2D eigenvalue weighted by molar-refractivity contribution is 5.97. The first-order valence-corrected chi connectivity index (χ1v) is 9.22. The van der Waals surface area contributed by atoms with Gasteiger partial charge in [0.1, 0.15) is 17.9 Å². The third kappa shape index (κ3) is 2.29. The summed E-state index contributed by atoms with van der Waals surface area (Å²) in [7, 11) is 0. The van der Waals surface area contributed by atoms with E-state index in [0.717, 1.165) is 26.1 Å². The lowest BCUT2D eigenvalue weighted by Crippen LogP contribution is -2.47. The van der Waals surface area contributed by atoms with Crippen molar-refractivity contribution in [3.05, 3.63) is 33.9 Å². The molecule has 1 aromatic heterocycles. The van der Waals surface area contributed by atoms with E-state index < -0.39 is 17.3 Å². The second-order valence-corrected chi connectivity index (χ2v) is 7.61. The van der Waals surface area contributed by atoms with Crippen LogP contribution in [0.1, 0.15) is 29.7 Å². The number of hydrogen-bond donors (Lipinski definition) is 1. The van der Waals surface area contributed by atoms with Crippen LogP contribution in [0.2, 0.25) is 0 Å². The summed E-state index contributed by atoms with van der Waals surface area (Å²) in [5.74, 6) is -1.39. The Morgan fingerprint density at radius 3 is 2.89 bits per heavy atom. The molecule has 4 heterocycles. The molecule has 5 rings (SSSR count). The number of aromatic carboxylic acids is 1. The summed E-state index contributed by atoms with van der Waals surface area (Å²) in [4.78, 5) is 28.7. The molecule has 2 bridgehead atoms. The quantitative estimate of drug-likeness (QED) is 0.864. The Morgan fingerprint density at radius 1 is 1.30 bits per heavy atom. The molecule has 2 aromatic rings. The van der Waals surface area contributed by atoms with Crippen molar-refractivity contribution in [1.29, 1.82) is 0 Å². The van der Waals surface area contributed by atoms with E-state index in [9.17, 15) is 14.7 Å². The van der Waals surface area contributed by atoms with Gasteiger partial charge in [-0.1, -0.05) is 0 Å². The molecular formula is C19H20FN3O4. The van der Waals surface area contributed by atoms with Crippen molar-refractivity contribution in [3.63, 3.8) is 0 Å². The lowest BCUT2D eigenvalue weighted by atomic mass is 10.0. The number of pyridine rings is 1. The number of aromatic nitrogens is 1. The highest BCUT2D eigenvalue weighted by atomic mass is 19.1. The van der Waals surface area contributed by atoms with Crippen LogP contribution in [0, 0.1) is 5.82 Å². The number of carboxylic acid groups (broad SMARTS) is 1. The molecule has 0 saturated carbocycles. The van der Waals surface area contributed by atoms with Gasteiger partial charge in [0, 0.05) is 37.6 Å². The number of ether oxygens (including phenoxy) is 1. The van der Waals surface area contributed by atoms with Gasteiger partial charge in [0.05, 0.1) is 11.6 Å². The van der Waals surface area contributed by atoms with Gasteiger partial charge in [-0.05, 0) is 25.5 Å². The third-order valence-corrected chi connectivity index (χ3v) is 5.97. The van der Waals surface area contributed by atoms with Crippen molar-refractivity contribution in [1.82, 2.24) is 9.47 Å². The molecule has 0 spiro atoms. The Morgan fingerprint density at radius 2 is 2.11 bits per heavy atom. The van der Waals surface area contributed by atoms with Crippen LogP contribution in [-0.4, -0.2) is 59.4 Å². The van der Waals surface area contributed by atoms with Crippen LogP contribution >= 0.6 is 0 Å². The molecule has 2 unspecified atom stereocenters. The van der Waals surface area contributed by atoms with Gasteiger partial charge in [0.15, 0.2) is 11.6 Å². The molecule has 1 aromatic carbocycles. The number of halogens is 1. The highest BCUT2D eigenvalue weighted by Crippen LogP contribution is 2.44. The van der Waals surface area contributed by atoms with Crippen molar-refractivity contribution < 1.29 is 19.0 Å². The molecule has 0 aliphatic carbocycles. The molecule has 0 radical (unpaired) electrons. The van der Waals surface area contributed by atoms with Gasteiger partial charge in [0.25, 0.3) is 5.56 Å². The Hall–Kier alpha value is -2.61. The number of carbonyl (C=O) groups is 1. The van der Waals surface area contributed by atoms with Crippen molar-refractivity contribution in [2.75, 3.05) is 37.7 Å². The zero-order chi connectivity index (χ0) is 18.9. The summed E-state index contributed by atoms with van der Waals surface area (Å²) in [6.07, 6.45) is 0.970. The molecule has 1 N–H and O–H groups in total. The predicted molar refractivity (Wildman–Crippen MR) is 97.5 cm³/mol. The van der Waals surface area contributed by atoms with Gasteiger partial charge in [-0.2, -0.15) is 0 Å². The Kier molecular flexibility index (Phi) is 3.49. The fourth-order valence-electron chi connectivity index (χ4n) is 4.68. The first kappa shape index (κ1) is 16.6. The van der Waals surface area contributed by atoms with E-state index in [0.29, 0.717) is 28.9 Å². The van der Waals surface area contributed by atoms with Gasteiger partial charge in [-0.3, -0.25) is 14.3 Å². The maximum atomic E-state index is 15.2. The first-order chi connectivity index (χ1) is 13.0. The highest BCUT2D eigenvalue weighted by Gasteiger charge is 2.37. The van der Waals surface area contributed by atoms with E-state index in [1.54, 1.807) is 6.92 Å². The molecule has 27 heavy (non-hydrogen) atoms. The molecule has 3 atom stereocenters. The summed E-state index contributed by atoms with van der Waals surface area (Å²) in [6.45, 7) is 5.49. The predicted octanol–water partition coefficient (Wildman–Crippen LogP) is 1.69. The average molecular weight is 373 g/mol. The minimum Gasteiger partial charge on any atom is -0.487 e. The van der Waals surface area contributed by atoms with E-state index in [4.69, 9.17) is 4.74 Å². The zero-order valence-corrected chi connectivity index (χ0v) is 14.9. The van der Waals surface area contributed by atoms with E-state index in [1.165, 1.54) is 16.7 Å². The molecule has 2 fully saturated rings. The summed E-state index contributed by atoms with van der Waals surface area (Å²) in [5.41, 5.74) is -0.0354. The van der Waals surface area contributed by atoms with Gasteiger partial charge in [-0.15, -0.1) is 0 Å². The zero-order valence-electron chi connectivity index (χ0n) is 14.9. The maximum absolute atomic E-state index is 15.2. The number of nitrogens with zero attached hydrogens (tertiary/aromatic N) is 3. The number of hydrogen-bond acceptors (Lipinski definition) is 5. The van der Waals surface area contributed by atoms with Crippen molar-refractivity contribution in [2.24, 2.45) is 0 Å². The first-order valence-electron chi connectivity index (χ1n) is 9.22. The van der Waals surface area contributed by atoms with Crippen LogP contribution in [0.25, 0.3) is 10.9 Å². The molecule has 3 aliphatic rings. The molecule has 2 saturated heterocycles. The van der Waals surface area contributed by atoms with Gasteiger partial charge < -0.3 is 14.7 Å². The normalized spacial score (nSPS) is 26.3. The SMILES string of the molecule is C[C@H]1COc2c(N3CCN4CCC3C4)c(F)cc3cc(C(=O)O)c(=O)n1c23. The second kappa shape index (κ2) is 5.69. The Labute approximate surface area is 154 Å². The van der Waals surface area contributed by atoms with Crippen LogP contribution in [0.4, 0.5) is 10.1 Å². The largest absolute Gasteiger partial charge is 0.487 e. The number of piperazine rings is 1. The van der Waals surface area contributed by atoms with Crippen LogP contribution in [-0.2, 0) is 0 Å².